The molecule has 0 unspecified atom stereocenters. The molecule has 0 aromatic rings. The highest BCUT2D eigenvalue weighted by Gasteiger charge is 2.65. The van der Waals surface area contributed by atoms with Gasteiger partial charge in [-0.05, 0) is 39.2 Å². The molecular weight excluding hydrogens is 600 g/mol. The number of esters is 3. The predicted molar refractivity (Wildman–Crippen MR) is 180 cm³/mol. The van der Waals surface area contributed by atoms with Gasteiger partial charge in [-0.3, -0.25) is 4.79 Å². The molecule has 0 aromatic heterocycles. The van der Waals surface area contributed by atoms with E-state index in [2.05, 4.69) is 13.5 Å². The molecule has 9 nitrogen and oxygen atoms in total. The fourth-order valence-corrected chi connectivity index (χ4v) is 6.82. The summed E-state index contributed by atoms with van der Waals surface area (Å²) >= 11 is 0. The number of rotatable bonds is 21. The van der Waals surface area contributed by atoms with Crippen molar-refractivity contribution in [1.82, 2.24) is 0 Å². The van der Waals surface area contributed by atoms with Crippen LogP contribution in [0.5, 0.6) is 0 Å². The standard InChI is InChI=1S/C38H60O9/c1-5-6-7-8-9-10-11-12-13-14-15-16-17-20-30(40)25-32(41)44-23-21-28(3)36(42)45-31-24-27(2)19-18-22-38(26-39)35(47-38)34-33(31)29(4)37(43)46-34/h19,21,30-31,33-35,39-40H,4-18,20,22-26H2,1-3H3/t30-,31+,33+,34-,35+,38-/m0/s1. The lowest BCUT2D eigenvalue weighted by Crippen LogP contribution is -2.39. The van der Waals surface area contributed by atoms with E-state index in [-0.39, 0.29) is 30.8 Å². The molecule has 0 aromatic carbocycles. The van der Waals surface area contributed by atoms with Gasteiger partial charge in [-0.25, -0.2) is 9.59 Å². The number of aliphatic hydroxyl groups excluding tert-OH is 2. The van der Waals surface area contributed by atoms with Crippen molar-refractivity contribution >= 4 is 17.9 Å². The topological polar surface area (TPSA) is 132 Å². The Labute approximate surface area is 282 Å². The number of allylic oxidation sites excluding steroid dienone is 1. The molecule has 0 bridgehead atoms. The molecule has 2 fully saturated rings. The number of ether oxygens (including phenoxy) is 4. The second-order valence-corrected chi connectivity index (χ2v) is 13.9. The summed E-state index contributed by atoms with van der Waals surface area (Å²) in [6.07, 6.45) is 19.3. The van der Waals surface area contributed by atoms with Crippen LogP contribution in [0, 0.1) is 5.92 Å². The van der Waals surface area contributed by atoms with Crippen LogP contribution < -0.4 is 0 Å². The van der Waals surface area contributed by atoms with Crippen LogP contribution in [0.4, 0.5) is 0 Å². The lowest BCUT2D eigenvalue weighted by Gasteiger charge is -2.28. The van der Waals surface area contributed by atoms with E-state index in [1.165, 1.54) is 70.3 Å². The zero-order valence-electron chi connectivity index (χ0n) is 29.1. The Morgan fingerprint density at radius 3 is 2.30 bits per heavy atom. The number of carbonyl (C=O) groups is 3. The summed E-state index contributed by atoms with van der Waals surface area (Å²) in [4.78, 5) is 37.9. The van der Waals surface area contributed by atoms with Crippen LogP contribution in [-0.2, 0) is 33.3 Å². The quantitative estimate of drug-likeness (QED) is 0.0334. The maximum Gasteiger partial charge on any atom is 0.334 e. The molecule has 2 heterocycles. The van der Waals surface area contributed by atoms with Gasteiger partial charge in [0.15, 0.2) is 0 Å². The van der Waals surface area contributed by atoms with E-state index < -0.39 is 53.8 Å². The molecule has 2 aliphatic heterocycles. The molecule has 9 heteroatoms. The van der Waals surface area contributed by atoms with Crippen molar-refractivity contribution < 1.29 is 43.5 Å². The lowest BCUT2D eigenvalue weighted by molar-refractivity contribution is -0.149. The highest BCUT2D eigenvalue weighted by atomic mass is 16.7. The van der Waals surface area contributed by atoms with Crippen molar-refractivity contribution in [2.75, 3.05) is 13.2 Å². The van der Waals surface area contributed by atoms with E-state index in [4.69, 9.17) is 18.9 Å². The normalized spacial score (nSPS) is 26.5. The number of aliphatic hydroxyl groups is 2. The number of fused-ring (bicyclic) bond motifs is 3. The Hall–Kier alpha value is -2.49. The third-order valence-electron chi connectivity index (χ3n) is 9.89. The molecule has 0 spiro atoms. The van der Waals surface area contributed by atoms with E-state index in [1.807, 2.05) is 13.0 Å². The Kier molecular flexibility index (Phi) is 16.7. The lowest BCUT2D eigenvalue weighted by atomic mass is 9.81. The van der Waals surface area contributed by atoms with Crippen LogP contribution in [0.15, 0.2) is 35.5 Å². The second kappa shape index (κ2) is 20.1. The van der Waals surface area contributed by atoms with Crippen LogP contribution >= 0.6 is 0 Å². The average Bonchev–Trinajstić information content (AvgIpc) is 3.68. The first-order chi connectivity index (χ1) is 22.6. The number of hydrogen-bond acceptors (Lipinski definition) is 9. The highest BCUT2D eigenvalue weighted by molar-refractivity contribution is 5.92. The van der Waals surface area contributed by atoms with E-state index >= 15 is 0 Å². The van der Waals surface area contributed by atoms with Crippen LogP contribution in [0.2, 0.25) is 0 Å². The van der Waals surface area contributed by atoms with Crippen LogP contribution in [0.1, 0.15) is 136 Å². The van der Waals surface area contributed by atoms with Gasteiger partial charge in [0.1, 0.15) is 30.5 Å². The van der Waals surface area contributed by atoms with E-state index in [0.29, 0.717) is 25.7 Å². The van der Waals surface area contributed by atoms with Crippen molar-refractivity contribution in [3.8, 4) is 0 Å². The molecule has 2 N–H and O–H groups in total. The van der Waals surface area contributed by atoms with Crippen molar-refractivity contribution in [2.24, 2.45) is 5.92 Å². The first kappa shape index (κ1) is 39.0. The fraction of sp³-hybridized carbons (Fsp3) is 0.763. The van der Waals surface area contributed by atoms with Gasteiger partial charge in [-0.15, -0.1) is 0 Å². The van der Waals surface area contributed by atoms with Gasteiger partial charge in [0.05, 0.1) is 25.0 Å². The Bertz CT molecular complexity index is 1090. The summed E-state index contributed by atoms with van der Waals surface area (Å²) in [7, 11) is 0. The third-order valence-corrected chi connectivity index (χ3v) is 9.89. The highest BCUT2D eigenvalue weighted by Crippen LogP contribution is 2.50. The van der Waals surface area contributed by atoms with E-state index in [1.54, 1.807) is 6.92 Å². The van der Waals surface area contributed by atoms with Crippen molar-refractivity contribution in [2.45, 2.75) is 166 Å². The van der Waals surface area contributed by atoms with Gasteiger partial charge in [-0.2, -0.15) is 0 Å². The molecule has 266 valence electrons. The number of epoxide rings is 1. The first-order valence-corrected chi connectivity index (χ1v) is 18.2. The average molecular weight is 661 g/mol. The summed E-state index contributed by atoms with van der Waals surface area (Å²) in [5, 5.41) is 20.3. The van der Waals surface area contributed by atoms with Crippen LogP contribution in [-0.4, -0.2) is 71.4 Å². The third kappa shape index (κ3) is 12.5. The van der Waals surface area contributed by atoms with Gasteiger partial charge in [0, 0.05) is 17.6 Å². The summed E-state index contributed by atoms with van der Waals surface area (Å²) in [5.74, 6) is -2.29. The monoisotopic (exact) mass is 660 g/mol. The summed E-state index contributed by atoms with van der Waals surface area (Å²) in [5.41, 5.74) is 0.671. The summed E-state index contributed by atoms with van der Waals surface area (Å²) in [6, 6.07) is 0. The molecule has 0 saturated carbocycles. The predicted octanol–water partition coefficient (Wildman–Crippen LogP) is 6.98. The zero-order chi connectivity index (χ0) is 34.2. The second-order valence-electron chi connectivity index (χ2n) is 13.9. The maximum absolute atomic E-state index is 13.1. The molecule has 3 aliphatic rings. The minimum atomic E-state index is -0.782. The SMILES string of the molecule is C=C1C(=O)O[C@H]2[C@H]1[C@H](OC(=O)C(C)=CCOC(=O)C[C@@H](O)CCCCCCCCCCCCCCC)CC(C)=CCC[C@@]1(CO)O[C@H]21. The number of hydrogen-bond donors (Lipinski definition) is 2. The molecule has 0 radical (unpaired) electrons. The van der Waals surface area contributed by atoms with Crippen LogP contribution in [0.25, 0.3) is 0 Å². The minimum Gasteiger partial charge on any atom is -0.461 e. The molecule has 3 rings (SSSR count). The smallest absolute Gasteiger partial charge is 0.334 e. The van der Waals surface area contributed by atoms with Gasteiger partial charge in [-0.1, -0.05) is 109 Å². The minimum absolute atomic E-state index is 0.0823. The molecule has 0 amide bonds. The maximum atomic E-state index is 13.1. The van der Waals surface area contributed by atoms with Crippen molar-refractivity contribution in [3.63, 3.8) is 0 Å². The van der Waals surface area contributed by atoms with Crippen molar-refractivity contribution in [1.29, 1.82) is 0 Å². The van der Waals surface area contributed by atoms with Gasteiger partial charge in [0.2, 0.25) is 0 Å². The Morgan fingerprint density at radius 1 is 1.06 bits per heavy atom. The largest absolute Gasteiger partial charge is 0.461 e. The van der Waals surface area contributed by atoms with E-state index in [9.17, 15) is 24.6 Å². The fourth-order valence-electron chi connectivity index (χ4n) is 6.82. The molecular formula is C38H60O9. The zero-order valence-corrected chi connectivity index (χ0v) is 29.1. The molecule has 2 saturated heterocycles. The summed E-state index contributed by atoms with van der Waals surface area (Å²) in [6.45, 7) is 9.37. The van der Waals surface area contributed by atoms with Gasteiger partial charge in [0.25, 0.3) is 0 Å². The Morgan fingerprint density at radius 2 is 1.68 bits per heavy atom. The molecule has 1 aliphatic carbocycles. The first-order valence-electron chi connectivity index (χ1n) is 18.2. The summed E-state index contributed by atoms with van der Waals surface area (Å²) < 4.78 is 22.7. The van der Waals surface area contributed by atoms with E-state index in [0.717, 1.165) is 24.8 Å². The molecule has 47 heavy (non-hydrogen) atoms. The Balaban J connectivity index is 1.34. The number of unbranched alkanes of at least 4 members (excludes halogenated alkanes) is 12. The van der Waals surface area contributed by atoms with Gasteiger partial charge >= 0.3 is 17.9 Å². The van der Waals surface area contributed by atoms with Crippen LogP contribution in [0.3, 0.4) is 0 Å². The number of carbonyl (C=O) groups excluding carboxylic acids is 3. The molecule has 6 atom stereocenters. The van der Waals surface area contributed by atoms with Gasteiger partial charge < -0.3 is 29.2 Å². The van der Waals surface area contributed by atoms with Crippen molar-refractivity contribution in [3.05, 3.63) is 35.5 Å².